The number of aromatic nitrogens is 4. The number of pyridine rings is 1. The molecule has 7 rings (SSSR count). The summed E-state index contributed by atoms with van der Waals surface area (Å²) in [5, 5.41) is 2.41. The zero-order valence-corrected chi connectivity index (χ0v) is 23.2. The van der Waals surface area contributed by atoms with Crippen LogP contribution in [-0.2, 0) is 11.0 Å². The van der Waals surface area contributed by atoms with E-state index in [1.807, 2.05) is 9.30 Å². The molecule has 2 saturated heterocycles. The van der Waals surface area contributed by atoms with Crippen molar-refractivity contribution in [1.29, 1.82) is 0 Å². The number of nitrogens with one attached hydrogen (secondary N) is 1. The summed E-state index contributed by atoms with van der Waals surface area (Å²) in [4.78, 5) is 41.3. The van der Waals surface area contributed by atoms with Gasteiger partial charge in [-0.2, -0.15) is 13.2 Å². The average Bonchev–Trinajstić information content (AvgIpc) is 3.59. The van der Waals surface area contributed by atoms with Gasteiger partial charge in [0.25, 0.3) is 5.91 Å². The number of carbonyl (C=O) groups excluding carboxylic acids is 2. The molecule has 10 nitrogen and oxygen atoms in total. The molecule has 1 spiro atoms. The lowest BCUT2D eigenvalue weighted by atomic mass is 9.91. The summed E-state index contributed by atoms with van der Waals surface area (Å²) in [5.41, 5.74) is 7.10. The standard InChI is InChI=1S/C30H28F3N7O3/c1-43-21-12-16(27(41)37-22-13-18(6-9-35-22)30(31,32)33)3-5-20(21)23-24-25(34)36-10-11-39(24)26(38-23)17-2-4-19-14-29(7-8-29)28(42)40(19)15-17/h3,5-6,9-13,17,19H,2,4,7-8,14-15H2,1H3,(H2,34,36)(H,35,37,41)/t17-,19+/m0/s1. The lowest BCUT2D eigenvalue weighted by molar-refractivity contribution is -0.137. The topological polar surface area (TPSA) is 128 Å². The van der Waals surface area contributed by atoms with Crippen molar-refractivity contribution in [3.8, 4) is 17.0 Å². The summed E-state index contributed by atoms with van der Waals surface area (Å²) in [6, 6.07) is 6.55. The van der Waals surface area contributed by atoms with Gasteiger partial charge in [-0.1, -0.05) is 0 Å². The fraction of sp³-hybridized carbons (Fsp3) is 0.367. The molecular weight excluding hydrogens is 563 g/mol. The maximum absolute atomic E-state index is 13.2. The molecule has 4 aromatic rings. The number of nitrogens with zero attached hydrogens (tertiary/aromatic N) is 5. The number of carbonyl (C=O) groups is 2. The lowest BCUT2D eigenvalue weighted by Crippen LogP contribution is -2.41. The van der Waals surface area contributed by atoms with Crippen molar-refractivity contribution in [3.05, 3.63) is 65.9 Å². The molecule has 1 saturated carbocycles. The molecule has 3 aromatic heterocycles. The second-order valence-corrected chi connectivity index (χ2v) is 11.5. The summed E-state index contributed by atoms with van der Waals surface area (Å²) in [6.07, 6.45) is 4.52. The van der Waals surface area contributed by atoms with E-state index in [2.05, 4.69) is 15.3 Å². The van der Waals surface area contributed by atoms with E-state index in [9.17, 15) is 22.8 Å². The highest BCUT2D eigenvalue weighted by Crippen LogP contribution is 2.58. The van der Waals surface area contributed by atoms with Crippen LogP contribution in [0.3, 0.4) is 0 Å². The highest BCUT2D eigenvalue weighted by molar-refractivity contribution is 6.04. The van der Waals surface area contributed by atoms with Gasteiger partial charge in [0.1, 0.15) is 34.4 Å². The highest BCUT2D eigenvalue weighted by Gasteiger charge is 2.60. The minimum absolute atomic E-state index is 0.00634. The van der Waals surface area contributed by atoms with Crippen LogP contribution in [0, 0.1) is 5.41 Å². The van der Waals surface area contributed by atoms with Gasteiger partial charge >= 0.3 is 6.18 Å². The first-order valence-electron chi connectivity index (χ1n) is 14.0. The van der Waals surface area contributed by atoms with Gasteiger partial charge in [0.2, 0.25) is 5.91 Å². The largest absolute Gasteiger partial charge is 0.496 e. The molecule has 43 heavy (non-hydrogen) atoms. The smallest absolute Gasteiger partial charge is 0.416 e. The van der Waals surface area contributed by atoms with Crippen LogP contribution in [0.5, 0.6) is 5.75 Å². The maximum Gasteiger partial charge on any atom is 0.416 e. The maximum atomic E-state index is 13.2. The summed E-state index contributed by atoms with van der Waals surface area (Å²) in [5.74, 6) is 0.709. The molecule has 222 valence electrons. The van der Waals surface area contributed by atoms with Gasteiger partial charge in [0, 0.05) is 48.2 Å². The third-order valence-corrected chi connectivity index (χ3v) is 8.92. The van der Waals surface area contributed by atoms with Crippen molar-refractivity contribution >= 4 is 29.0 Å². The first kappa shape index (κ1) is 27.2. The molecule has 3 aliphatic rings. The van der Waals surface area contributed by atoms with E-state index in [1.165, 1.54) is 19.2 Å². The van der Waals surface area contributed by atoms with Crippen molar-refractivity contribution in [2.24, 2.45) is 5.41 Å². The second-order valence-electron chi connectivity index (χ2n) is 11.5. The van der Waals surface area contributed by atoms with Crippen molar-refractivity contribution in [3.63, 3.8) is 0 Å². The highest BCUT2D eigenvalue weighted by atomic mass is 19.4. The Hall–Kier alpha value is -4.68. The number of fused-ring (bicyclic) bond motifs is 2. The number of nitrogens with two attached hydrogens (primary N) is 1. The zero-order chi connectivity index (χ0) is 30.1. The van der Waals surface area contributed by atoms with Crippen LogP contribution in [0.15, 0.2) is 48.9 Å². The fourth-order valence-corrected chi connectivity index (χ4v) is 6.57. The molecule has 0 radical (unpaired) electrons. The minimum atomic E-state index is -4.57. The molecule has 13 heteroatoms. The number of imidazole rings is 1. The van der Waals surface area contributed by atoms with E-state index in [-0.39, 0.29) is 40.5 Å². The number of amides is 2. The number of nitrogen functional groups attached to an aromatic ring is 1. The number of halogens is 3. The summed E-state index contributed by atoms with van der Waals surface area (Å²) in [7, 11) is 1.45. The molecule has 3 N–H and O–H groups in total. The van der Waals surface area contributed by atoms with Crippen LogP contribution in [0.25, 0.3) is 16.8 Å². The van der Waals surface area contributed by atoms with Gasteiger partial charge < -0.3 is 20.7 Å². The van der Waals surface area contributed by atoms with Crippen LogP contribution < -0.4 is 15.8 Å². The van der Waals surface area contributed by atoms with Gasteiger partial charge in [0.15, 0.2) is 0 Å². The quantitative estimate of drug-likeness (QED) is 0.338. The number of benzene rings is 1. The van der Waals surface area contributed by atoms with Gasteiger partial charge in [0.05, 0.1) is 18.1 Å². The fourth-order valence-electron chi connectivity index (χ4n) is 6.57. The first-order valence-corrected chi connectivity index (χ1v) is 14.0. The van der Waals surface area contributed by atoms with Crippen LogP contribution in [0.4, 0.5) is 24.8 Å². The normalized spacial score (nSPS) is 20.8. The Kier molecular flexibility index (Phi) is 6.12. The molecule has 2 aliphatic heterocycles. The third-order valence-electron chi connectivity index (χ3n) is 8.92. The van der Waals surface area contributed by atoms with Crippen LogP contribution in [-0.4, -0.2) is 55.8 Å². The average molecular weight is 592 g/mol. The first-order chi connectivity index (χ1) is 20.6. The Morgan fingerprint density at radius 2 is 1.95 bits per heavy atom. The Morgan fingerprint density at radius 1 is 1.14 bits per heavy atom. The third kappa shape index (κ3) is 4.54. The van der Waals surface area contributed by atoms with Crippen molar-refractivity contribution < 1.29 is 27.5 Å². The molecule has 1 aromatic carbocycles. The number of methoxy groups -OCH3 is 1. The Bertz CT molecular complexity index is 1780. The summed E-state index contributed by atoms with van der Waals surface area (Å²) >= 11 is 0. The van der Waals surface area contributed by atoms with Gasteiger partial charge in [-0.25, -0.2) is 15.0 Å². The number of rotatable bonds is 5. The van der Waals surface area contributed by atoms with Crippen LogP contribution >= 0.6 is 0 Å². The Labute approximate surface area is 244 Å². The Morgan fingerprint density at radius 3 is 2.70 bits per heavy atom. The molecule has 5 heterocycles. The van der Waals surface area contributed by atoms with Crippen molar-refractivity contribution in [2.45, 2.75) is 50.2 Å². The van der Waals surface area contributed by atoms with E-state index >= 15 is 0 Å². The zero-order valence-electron chi connectivity index (χ0n) is 23.2. The van der Waals surface area contributed by atoms with Gasteiger partial charge in [-0.3, -0.25) is 14.0 Å². The number of ether oxygens (including phenoxy) is 1. The molecular formula is C30H28F3N7O3. The SMILES string of the molecule is COc1cc(C(=O)Nc2cc(C(F)(F)F)ccn2)ccc1-c1nc([C@H]2CC[C@@H]3CC4(CC4)C(=O)N3C2)n2ccnc(N)c12. The molecule has 3 fully saturated rings. The van der Waals surface area contributed by atoms with E-state index in [0.717, 1.165) is 56.3 Å². The molecule has 0 unspecified atom stereocenters. The predicted molar refractivity (Wildman–Crippen MR) is 150 cm³/mol. The number of alkyl halides is 3. The second kappa shape index (κ2) is 9.68. The lowest BCUT2D eigenvalue weighted by Gasteiger charge is -2.34. The molecule has 0 bridgehead atoms. The van der Waals surface area contributed by atoms with Crippen molar-refractivity contribution in [1.82, 2.24) is 24.3 Å². The Balaban J connectivity index is 1.21. The number of piperidine rings is 1. The van der Waals surface area contributed by atoms with E-state index in [4.69, 9.17) is 15.5 Å². The van der Waals surface area contributed by atoms with Crippen LogP contribution in [0.1, 0.15) is 59.8 Å². The molecule has 1 aliphatic carbocycles. The summed E-state index contributed by atoms with van der Waals surface area (Å²) < 4.78 is 46.9. The number of hydrogen-bond donors (Lipinski definition) is 2. The van der Waals surface area contributed by atoms with E-state index < -0.39 is 17.6 Å². The monoisotopic (exact) mass is 591 g/mol. The molecule has 2 amide bonds. The number of hydrogen-bond acceptors (Lipinski definition) is 7. The van der Waals surface area contributed by atoms with E-state index in [1.54, 1.807) is 18.5 Å². The molecule has 2 atom stereocenters. The predicted octanol–water partition coefficient (Wildman–Crippen LogP) is 4.91. The van der Waals surface area contributed by atoms with Crippen LogP contribution in [0.2, 0.25) is 0 Å². The van der Waals surface area contributed by atoms with Crippen molar-refractivity contribution in [2.75, 3.05) is 24.7 Å². The van der Waals surface area contributed by atoms with Gasteiger partial charge in [-0.15, -0.1) is 0 Å². The van der Waals surface area contributed by atoms with E-state index in [0.29, 0.717) is 29.1 Å². The van der Waals surface area contributed by atoms with Gasteiger partial charge in [-0.05, 0) is 62.4 Å². The summed E-state index contributed by atoms with van der Waals surface area (Å²) in [6.45, 7) is 0.589. The number of anilines is 2. The minimum Gasteiger partial charge on any atom is -0.496 e.